The number of amides is 2. The van der Waals surface area contributed by atoms with E-state index in [1.807, 2.05) is 0 Å². The lowest BCUT2D eigenvalue weighted by atomic mass is 10.3. The lowest BCUT2D eigenvalue weighted by molar-refractivity contribution is -0.118. The van der Waals surface area contributed by atoms with E-state index in [0.29, 0.717) is 5.82 Å². The van der Waals surface area contributed by atoms with Gasteiger partial charge in [0.25, 0.3) is 5.91 Å². The second-order valence-electron chi connectivity index (χ2n) is 3.77. The van der Waals surface area contributed by atoms with E-state index in [-0.39, 0.29) is 11.6 Å². The Morgan fingerprint density at radius 3 is 2.41 bits per heavy atom. The van der Waals surface area contributed by atoms with Crippen LogP contribution in [0.4, 0.5) is 5.82 Å². The third kappa shape index (κ3) is 3.40. The normalized spacial score (nSPS) is 11.7. The molecule has 1 aromatic heterocycles. The average Bonchev–Trinajstić information content (AvgIpc) is 2.28. The van der Waals surface area contributed by atoms with Crippen LogP contribution < -0.4 is 11.1 Å². The molecule has 3 N–H and O–H groups in total. The molecule has 7 nitrogen and oxygen atoms in total. The van der Waals surface area contributed by atoms with Crippen molar-refractivity contribution in [1.29, 1.82) is 0 Å². The Bertz CT molecular complexity index is 415. The number of nitrogens with one attached hydrogen (secondary N) is 1. The van der Waals surface area contributed by atoms with Crippen molar-refractivity contribution in [1.82, 2.24) is 15.1 Å². The molecule has 92 valence electrons. The van der Waals surface area contributed by atoms with Gasteiger partial charge in [-0.2, -0.15) is 0 Å². The van der Waals surface area contributed by atoms with Crippen LogP contribution in [0.1, 0.15) is 17.4 Å². The summed E-state index contributed by atoms with van der Waals surface area (Å²) in [6.45, 7) is 1.61. The number of nitrogens with two attached hydrogens (primary N) is 1. The minimum Gasteiger partial charge on any atom is -0.368 e. The number of carbonyl (C=O) groups is 2. The molecule has 0 spiro atoms. The molecular weight excluding hydrogens is 222 g/mol. The maximum Gasteiger partial charge on any atom is 0.273 e. The first kappa shape index (κ1) is 12.9. The van der Waals surface area contributed by atoms with Gasteiger partial charge in [-0.05, 0) is 19.1 Å². The Balaban J connectivity index is 2.75. The molecule has 1 unspecified atom stereocenters. The largest absolute Gasteiger partial charge is 0.368 e. The number of aromatic nitrogens is 2. The third-order valence-corrected chi connectivity index (χ3v) is 2.08. The molecule has 0 aliphatic carbocycles. The Hall–Kier alpha value is -2.18. The molecule has 0 saturated carbocycles. The molecule has 17 heavy (non-hydrogen) atoms. The van der Waals surface area contributed by atoms with Crippen LogP contribution in [0.2, 0.25) is 0 Å². The van der Waals surface area contributed by atoms with Crippen molar-refractivity contribution in [2.75, 3.05) is 19.4 Å². The van der Waals surface area contributed by atoms with Crippen molar-refractivity contribution in [2.24, 2.45) is 5.73 Å². The average molecular weight is 237 g/mol. The number of primary amides is 1. The van der Waals surface area contributed by atoms with E-state index in [2.05, 4.69) is 15.5 Å². The van der Waals surface area contributed by atoms with Crippen LogP contribution >= 0.6 is 0 Å². The smallest absolute Gasteiger partial charge is 0.273 e. The van der Waals surface area contributed by atoms with Crippen LogP contribution in [-0.2, 0) is 4.79 Å². The van der Waals surface area contributed by atoms with Crippen molar-refractivity contribution >= 4 is 17.6 Å². The first-order valence-corrected chi connectivity index (χ1v) is 5.03. The lowest BCUT2D eigenvalue weighted by Crippen LogP contribution is -2.33. The molecule has 0 saturated heterocycles. The highest BCUT2D eigenvalue weighted by atomic mass is 16.2. The zero-order chi connectivity index (χ0) is 13.0. The van der Waals surface area contributed by atoms with Crippen molar-refractivity contribution < 1.29 is 9.59 Å². The van der Waals surface area contributed by atoms with E-state index in [0.717, 1.165) is 0 Å². The summed E-state index contributed by atoms with van der Waals surface area (Å²) in [5.41, 5.74) is 5.33. The first-order chi connectivity index (χ1) is 7.91. The number of carbonyl (C=O) groups excluding carboxylic acids is 2. The van der Waals surface area contributed by atoms with E-state index in [4.69, 9.17) is 5.73 Å². The van der Waals surface area contributed by atoms with E-state index < -0.39 is 11.9 Å². The topological polar surface area (TPSA) is 101 Å². The van der Waals surface area contributed by atoms with Crippen molar-refractivity contribution in [3.63, 3.8) is 0 Å². The molecule has 1 rings (SSSR count). The molecule has 0 fully saturated rings. The van der Waals surface area contributed by atoms with E-state index in [9.17, 15) is 9.59 Å². The third-order valence-electron chi connectivity index (χ3n) is 2.08. The Kier molecular flexibility index (Phi) is 3.97. The summed E-state index contributed by atoms with van der Waals surface area (Å²) in [5.74, 6) is -0.321. The van der Waals surface area contributed by atoms with Crippen LogP contribution in [0.5, 0.6) is 0 Å². The number of hydrogen-bond acceptors (Lipinski definition) is 5. The first-order valence-electron chi connectivity index (χ1n) is 5.03. The second-order valence-corrected chi connectivity index (χ2v) is 3.77. The maximum absolute atomic E-state index is 11.5. The molecule has 2 amide bonds. The Labute approximate surface area is 99.0 Å². The molecule has 0 bridgehead atoms. The van der Waals surface area contributed by atoms with Crippen molar-refractivity contribution in [3.05, 3.63) is 17.8 Å². The molecule has 1 aromatic rings. The number of nitrogens with zero attached hydrogens (tertiary/aromatic N) is 3. The molecule has 1 heterocycles. The molecular formula is C10H15N5O2. The standard InChI is InChI=1S/C10H15N5O2/c1-6(9(11)16)12-8-5-4-7(13-14-8)10(17)15(2)3/h4-6H,1-3H3,(H2,11,16)(H,12,14). The maximum atomic E-state index is 11.5. The Morgan fingerprint density at radius 2 is 2.00 bits per heavy atom. The van der Waals surface area contributed by atoms with Gasteiger partial charge in [-0.1, -0.05) is 0 Å². The number of hydrogen-bond donors (Lipinski definition) is 2. The fraction of sp³-hybridized carbons (Fsp3) is 0.400. The summed E-state index contributed by atoms with van der Waals surface area (Å²) in [6, 6.07) is 2.56. The zero-order valence-electron chi connectivity index (χ0n) is 9.97. The molecule has 0 aromatic carbocycles. The highest BCUT2D eigenvalue weighted by Gasteiger charge is 2.12. The summed E-state index contributed by atoms with van der Waals surface area (Å²) < 4.78 is 0. The van der Waals surface area contributed by atoms with Gasteiger partial charge < -0.3 is 16.0 Å². The monoisotopic (exact) mass is 237 g/mol. The summed E-state index contributed by atoms with van der Waals surface area (Å²) >= 11 is 0. The lowest BCUT2D eigenvalue weighted by Gasteiger charge is -2.11. The van der Waals surface area contributed by atoms with Gasteiger partial charge in [0.05, 0.1) is 0 Å². The second kappa shape index (κ2) is 5.24. The van der Waals surface area contributed by atoms with Crippen LogP contribution in [-0.4, -0.2) is 47.0 Å². The molecule has 0 radical (unpaired) electrons. The van der Waals surface area contributed by atoms with Crippen LogP contribution in [0, 0.1) is 0 Å². The van der Waals surface area contributed by atoms with E-state index in [1.165, 1.54) is 11.0 Å². The fourth-order valence-electron chi connectivity index (χ4n) is 1.05. The van der Waals surface area contributed by atoms with Crippen LogP contribution in [0.15, 0.2) is 12.1 Å². The van der Waals surface area contributed by atoms with Gasteiger partial charge in [-0.25, -0.2) is 0 Å². The molecule has 0 aliphatic heterocycles. The molecule has 0 aliphatic rings. The predicted octanol–water partition coefficient (Wildman–Crippen LogP) is -0.536. The number of rotatable bonds is 4. The quantitative estimate of drug-likeness (QED) is 0.732. The van der Waals surface area contributed by atoms with Gasteiger partial charge in [0.1, 0.15) is 11.9 Å². The van der Waals surface area contributed by atoms with E-state index in [1.54, 1.807) is 27.1 Å². The van der Waals surface area contributed by atoms with Crippen molar-refractivity contribution in [2.45, 2.75) is 13.0 Å². The van der Waals surface area contributed by atoms with Crippen molar-refractivity contribution in [3.8, 4) is 0 Å². The zero-order valence-corrected chi connectivity index (χ0v) is 9.97. The van der Waals surface area contributed by atoms with Crippen LogP contribution in [0.25, 0.3) is 0 Å². The summed E-state index contributed by atoms with van der Waals surface area (Å²) in [7, 11) is 3.26. The predicted molar refractivity (Wildman–Crippen MR) is 62.3 cm³/mol. The Morgan fingerprint density at radius 1 is 1.35 bits per heavy atom. The highest BCUT2D eigenvalue weighted by molar-refractivity contribution is 5.91. The fourth-order valence-corrected chi connectivity index (χ4v) is 1.05. The van der Waals surface area contributed by atoms with Gasteiger partial charge in [-0.3, -0.25) is 9.59 Å². The SMILES string of the molecule is CC(Nc1ccc(C(=O)N(C)C)nn1)C(N)=O. The summed E-state index contributed by atoms with van der Waals surface area (Å²) in [6.07, 6.45) is 0. The van der Waals surface area contributed by atoms with Gasteiger partial charge in [0.2, 0.25) is 5.91 Å². The summed E-state index contributed by atoms with van der Waals surface area (Å²) in [4.78, 5) is 23.7. The van der Waals surface area contributed by atoms with Gasteiger partial charge >= 0.3 is 0 Å². The van der Waals surface area contributed by atoms with Gasteiger partial charge in [0.15, 0.2) is 5.69 Å². The van der Waals surface area contributed by atoms with Crippen LogP contribution in [0.3, 0.4) is 0 Å². The van der Waals surface area contributed by atoms with E-state index >= 15 is 0 Å². The highest BCUT2D eigenvalue weighted by Crippen LogP contribution is 2.05. The summed E-state index contributed by atoms with van der Waals surface area (Å²) in [5, 5.41) is 10.3. The molecule has 7 heteroatoms. The molecule has 1 atom stereocenters. The number of anilines is 1. The van der Waals surface area contributed by atoms with Gasteiger partial charge in [-0.15, -0.1) is 10.2 Å². The minimum absolute atomic E-state index is 0.230. The van der Waals surface area contributed by atoms with Gasteiger partial charge in [0, 0.05) is 14.1 Å². The minimum atomic E-state index is -0.542.